The van der Waals surface area contributed by atoms with Crippen molar-refractivity contribution in [3.05, 3.63) is 60.2 Å². The lowest BCUT2D eigenvalue weighted by Crippen LogP contribution is -2.48. The Kier molecular flexibility index (Phi) is 5.81. The van der Waals surface area contributed by atoms with Gasteiger partial charge in [-0.15, -0.1) is 0 Å². The van der Waals surface area contributed by atoms with Gasteiger partial charge in [-0.1, -0.05) is 30.3 Å². The average Bonchev–Trinajstić information content (AvgIpc) is 3.03. The van der Waals surface area contributed by atoms with Crippen molar-refractivity contribution in [2.45, 2.75) is 25.8 Å². The van der Waals surface area contributed by atoms with Gasteiger partial charge in [0.15, 0.2) is 0 Å². The summed E-state index contributed by atoms with van der Waals surface area (Å²) >= 11 is 0. The largest absolute Gasteiger partial charge is 0.332 e. The zero-order valence-corrected chi connectivity index (χ0v) is 17.1. The highest BCUT2D eigenvalue weighted by atomic mass is 16.2. The molecule has 2 aliphatic heterocycles. The Labute approximate surface area is 176 Å². The summed E-state index contributed by atoms with van der Waals surface area (Å²) < 4.78 is 0. The Bertz CT molecular complexity index is 938. The van der Waals surface area contributed by atoms with Gasteiger partial charge in [0, 0.05) is 24.8 Å². The van der Waals surface area contributed by atoms with Crippen molar-refractivity contribution in [2.24, 2.45) is 0 Å². The van der Waals surface area contributed by atoms with E-state index in [1.807, 2.05) is 49.4 Å². The molecule has 0 bridgehead atoms. The van der Waals surface area contributed by atoms with Crippen molar-refractivity contribution in [1.29, 1.82) is 0 Å². The van der Waals surface area contributed by atoms with Crippen LogP contribution in [0.4, 0.5) is 16.2 Å². The first-order chi connectivity index (χ1) is 14.5. The number of anilines is 2. The number of carbonyl (C=O) groups excluding carboxylic acids is 3. The molecule has 4 rings (SSSR count). The Morgan fingerprint density at radius 2 is 1.77 bits per heavy atom. The molecule has 1 N–H and O–H groups in total. The van der Waals surface area contributed by atoms with Gasteiger partial charge < -0.3 is 10.2 Å². The molecule has 7 heteroatoms. The van der Waals surface area contributed by atoms with Crippen molar-refractivity contribution in [3.8, 4) is 0 Å². The van der Waals surface area contributed by atoms with Crippen LogP contribution in [0.25, 0.3) is 0 Å². The van der Waals surface area contributed by atoms with Gasteiger partial charge in [0.1, 0.15) is 6.54 Å². The highest BCUT2D eigenvalue weighted by molar-refractivity contribution is 6.19. The molecule has 0 spiro atoms. The number of piperidine rings is 1. The van der Waals surface area contributed by atoms with Gasteiger partial charge in [-0.2, -0.15) is 0 Å². The van der Waals surface area contributed by atoms with E-state index in [-0.39, 0.29) is 30.4 Å². The zero-order chi connectivity index (χ0) is 21.1. The fraction of sp³-hybridized carbons (Fsp3) is 0.348. The molecule has 2 aliphatic rings. The van der Waals surface area contributed by atoms with Gasteiger partial charge in [-0.05, 0) is 49.6 Å². The fourth-order valence-electron chi connectivity index (χ4n) is 4.15. The average molecular weight is 406 g/mol. The van der Waals surface area contributed by atoms with Crippen LogP contribution in [-0.4, -0.2) is 59.9 Å². The number of carbonyl (C=O) groups is 3. The predicted molar refractivity (Wildman–Crippen MR) is 115 cm³/mol. The second-order valence-corrected chi connectivity index (χ2v) is 7.90. The molecule has 2 aromatic rings. The molecule has 30 heavy (non-hydrogen) atoms. The molecule has 4 amide bonds. The second kappa shape index (κ2) is 8.67. The third kappa shape index (κ3) is 4.36. The normalized spacial score (nSPS) is 18.2. The number of hydrogen-bond acceptors (Lipinski definition) is 4. The van der Waals surface area contributed by atoms with E-state index >= 15 is 0 Å². The van der Waals surface area contributed by atoms with Gasteiger partial charge in [-0.25, -0.2) is 9.69 Å². The van der Waals surface area contributed by atoms with Crippen molar-refractivity contribution in [3.63, 3.8) is 0 Å². The van der Waals surface area contributed by atoms with Crippen LogP contribution in [0.5, 0.6) is 0 Å². The van der Waals surface area contributed by atoms with Crippen LogP contribution >= 0.6 is 0 Å². The standard InChI is InChI=1S/C23H26N4O3/c1-17-6-5-7-18(14-17)24-21(28)15-25-12-10-19(11-13-25)26-16-22(29)27(23(26)30)20-8-3-2-4-9-20/h2-9,14,19H,10-13,15-16H2,1H3,(H,24,28). The Hall–Kier alpha value is -3.19. The number of aryl methyl sites for hydroxylation is 1. The van der Waals surface area contributed by atoms with Gasteiger partial charge in [0.05, 0.1) is 12.2 Å². The van der Waals surface area contributed by atoms with E-state index in [1.54, 1.807) is 17.0 Å². The third-order valence-corrected chi connectivity index (χ3v) is 5.67. The number of urea groups is 1. The van der Waals surface area contributed by atoms with Crippen molar-refractivity contribution in [1.82, 2.24) is 9.80 Å². The maximum absolute atomic E-state index is 12.9. The first-order valence-corrected chi connectivity index (χ1v) is 10.3. The molecule has 7 nitrogen and oxygen atoms in total. The van der Waals surface area contributed by atoms with Crippen LogP contribution < -0.4 is 10.2 Å². The lowest BCUT2D eigenvalue weighted by molar-refractivity contribution is -0.117. The number of benzene rings is 2. The summed E-state index contributed by atoms with van der Waals surface area (Å²) in [5.74, 6) is -0.229. The number of para-hydroxylation sites is 1. The minimum Gasteiger partial charge on any atom is -0.325 e. The van der Waals surface area contributed by atoms with Crippen molar-refractivity contribution < 1.29 is 14.4 Å². The summed E-state index contributed by atoms with van der Waals surface area (Å²) in [6.07, 6.45) is 1.50. The topological polar surface area (TPSA) is 73.0 Å². The van der Waals surface area contributed by atoms with Crippen molar-refractivity contribution in [2.75, 3.05) is 36.4 Å². The SMILES string of the molecule is Cc1cccc(NC(=O)CN2CCC(N3CC(=O)N(c4ccccc4)C3=O)CC2)c1. The van der Waals surface area contributed by atoms with Crippen LogP contribution in [0, 0.1) is 6.92 Å². The molecule has 2 aromatic carbocycles. The quantitative estimate of drug-likeness (QED) is 0.775. The number of nitrogens with zero attached hydrogens (tertiary/aromatic N) is 3. The summed E-state index contributed by atoms with van der Waals surface area (Å²) in [5.41, 5.74) is 2.51. The molecule has 156 valence electrons. The molecule has 0 aliphatic carbocycles. The Morgan fingerprint density at radius 3 is 2.47 bits per heavy atom. The number of rotatable bonds is 5. The summed E-state index contributed by atoms with van der Waals surface area (Å²) in [6.45, 7) is 3.87. The van der Waals surface area contributed by atoms with E-state index in [4.69, 9.17) is 0 Å². The monoisotopic (exact) mass is 406 g/mol. The summed E-state index contributed by atoms with van der Waals surface area (Å²) in [6, 6.07) is 16.5. The maximum atomic E-state index is 12.9. The van der Waals surface area contributed by atoms with E-state index in [0.717, 1.165) is 37.2 Å². The van der Waals surface area contributed by atoms with Crippen LogP contribution in [0.15, 0.2) is 54.6 Å². The Morgan fingerprint density at radius 1 is 1.03 bits per heavy atom. The highest BCUT2D eigenvalue weighted by Crippen LogP contribution is 2.26. The number of nitrogens with one attached hydrogen (secondary N) is 1. The smallest absolute Gasteiger partial charge is 0.325 e. The second-order valence-electron chi connectivity index (χ2n) is 7.90. The number of imide groups is 1. The molecular weight excluding hydrogens is 380 g/mol. The first kappa shape index (κ1) is 20.1. The lowest BCUT2D eigenvalue weighted by Gasteiger charge is -2.35. The van der Waals surface area contributed by atoms with Crippen LogP contribution in [0.1, 0.15) is 18.4 Å². The van der Waals surface area contributed by atoms with Gasteiger partial charge in [-0.3, -0.25) is 14.5 Å². The van der Waals surface area contributed by atoms with Crippen molar-refractivity contribution >= 4 is 29.2 Å². The molecule has 2 saturated heterocycles. The molecule has 0 saturated carbocycles. The molecule has 0 aromatic heterocycles. The highest BCUT2D eigenvalue weighted by Gasteiger charge is 2.41. The first-order valence-electron chi connectivity index (χ1n) is 10.3. The van der Waals surface area contributed by atoms with Crippen LogP contribution in [0.3, 0.4) is 0 Å². The number of amides is 4. The molecule has 0 atom stereocenters. The van der Waals surface area contributed by atoms with Crippen LogP contribution in [-0.2, 0) is 9.59 Å². The molecular formula is C23H26N4O3. The van der Waals surface area contributed by atoms with E-state index in [9.17, 15) is 14.4 Å². The number of likely N-dealkylation sites (tertiary alicyclic amines) is 1. The zero-order valence-electron chi connectivity index (χ0n) is 17.1. The molecule has 2 heterocycles. The molecule has 0 radical (unpaired) electrons. The predicted octanol–water partition coefficient (Wildman–Crippen LogP) is 2.87. The maximum Gasteiger partial charge on any atom is 0.332 e. The molecule has 2 fully saturated rings. The van der Waals surface area contributed by atoms with E-state index in [2.05, 4.69) is 10.2 Å². The fourth-order valence-corrected chi connectivity index (χ4v) is 4.15. The summed E-state index contributed by atoms with van der Waals surface area (Å²) in [4.78, 5) is 42.7. The lowest BCUT2D eigenvalue weighted by atomic mass is 10.0. The van der Waals surface area contributed by atoms with Gasteiger partial charge in [0.2, 0.25) is 5.91 Å². The van der Waals surface area contributed by atoms with E-state index < -0.39 is 0 Å². The third-order valence-electron chi connectivity index (χ3n) is 5.67. The summed E-state index contributed by atoms with van der Waals surface area (Å²) in [7, 11) is 0. The van der Waals surface area contributed by atoms with E-state index in [1.165, 1.54) is 4.90 Å². The van der Waals surface area contributed by atoms with Gasteiger partial charge in [0.25, 0.3) is 5.91 Å². The number of hydrogen-bond donors (Lipinski definition) is 1. The minimum absolute atomic E-state index is 0.0197. The van der Waals surface area contributed by atoms with Crippen LogP contribution in [0.2, 0.25) is 0 Å². The summed E-state index contributed by atoms with van der Waals surface area (Å²) in [5, 5.41) is 2.94. The minimum atomic E-state index is -0.248. The van der Waals surface area contributed by atoms with Gasteiger partial charge >= 0.3 is 6.03 Å². The van der Waals surface area contributed by atoms with E-state index in [0.29, 0.717) is 12.2 Å². The Balaban J connectivity index is 1.30. The molecule has 0 unspecified atom stereocenters.